The zero-order chi connectivity index (χ0) is 18.4. The summed E-state index contributed by atoms with van der Waals surface area (Å²) >= 11 is 5.31. The van der Waals surface area contributed by atoms with Gasteiger partial charge in [0, 0.05) is 6.04 Å². The third kappa shape index (κ3) is 4.98. The van der Waals surface area contributed by atoms with Gasteiger partial charge in [0.15, 0.2) is 5.11 Å². The summed E-state index contributed by atoms with van der Waals surface area (Å²) in [6, 6.07) is 5.38. The minimum absolute atomic E-state index is 0.326. The van der Waals surface area contributed by atoms with E-state index in [4.69, 9.17) is 21.7 Å². The van der Waals surface area contributed by atoms with Crippen molar-refractivity contribution in [2.24, 2.45) is 11.8 Å². The Kier molecular flexibility index (Phi) is 6.87. The number of amides is 1. The standard InChI is InChI=1S/C18H27N3O3S/c1-11-6-5-7-15(12(11)2)19-18(25)21-20-17(22)14-10-13(23-3)8-9-16(14)24-4/h8-12,15H,5-7H2,1-4H3,(H,20,22)(H2,19,21,25)/t11-,12-,15+/m1/s1. The molecule has 1 aromatic rings. The first-order valence-electron chi connectivity index (χ1n) is 8.55. The number of nitrogens with one attached hydrogen (secondary N) is 3. The van der Waals surface area contributed by atoms with Crippen LogP contribution in [0.25, 0.3) is 0 Å². The first-order valence-corrected chi connectivity index (χ1v) is 8.96. The number of ether oxygens (including phenoxy) is 2. The highest BCUT2D eigenvalue weighted by Crippen LogP contribution is 2.29. The van der Waals surface area contributed by atoms with E-state index in [1.165, 1.54) is 20.0 Å². The van der Waals surface area contributed by atoms with E-state index < -0.39 is 0 Å². The van der Waals surface area contributed by atoms with Crippen molar-refractivity contribution in [2.75, 3.05) is 14.2 Å². The summed E-state index contributed by atoms with van der Waals surface area (Å²) in [6.45, 7) is 4.51. The fourth-order valence-corrected chi connectivity index (χ4v) is 3.36. The van der Waals surface area contributed by atoms with Crippen LogP contribution in [0.2, 0.25) is 0 Å². The lowest BCUT2D eigenvalue weighted by Gasteiger charge is -2.35. The average molecular weight is 365 g/mol. The molecule has 3 atom stereocenters. The molecule has 1 aliphatic rings. The van der Waals surface area contributed by atoms with Crippen molar-refractivity contribution >= 4 is 23.2 Å². The highest BCUT2D eigenvalue weighted by atomic mass is 32.1. The van der Waals surface area contributed by atoms with Crippen LogP contribution in [0.5, 0.6) is 11.5 Å². The van der Waals surface area contributed by atoms with Gasteiger partial charge in [0.25, 0.3) is 5.91 Å². The number of rotatable bonds is 4. The van der Waals surface area contributed by atoms with E-state index in [0.717, 1.165) is 6.42 Å². The second-order valence-electron chi connectivity index (χ2n) is 6.49. The Labute approximate surface area is 154 Å². The molecule has 1 aromatic carbocycles. The minimum atomic E-state index is -0.343. The molecule has 7 heteroatoms. The molecule has 0 saturated heterocycles. The van der Waals surface area contributed by atoms with Crippen molar-refractivity contribution in [3.63, 3.8) is 0 Å². The molecule has 2 rings (SSSR count). The van der Waals surface area contributed by atoms with Gasteiger partial charge in [-0.3, -0.25) is 15.6 Å². The molecule has 6 nitrogen and oxygen atoms in total. The van der Waals surface area contributed by atoms with Crippen molar-refractivity contribution in [3.8, 4) is 11.5 Å². The van der Waals surface area contributed by atoms with E-state index in [-0.39, 0.29) is 5.91 Å². The van der Waals surface area contributed by atoms with Gasteiger partial charge in [-0.15, -0.1) is 0 Å². The van der Waals surface area contributed by atoms with Gasteiger partial charge in [-0.2, -0.15) is 0 Å². The minimum Gasteiger partial charge on any atom is -0.497 e. The number of carbonyl (C=O) groups excluding carboxylic acids is 1. The van der Waals surface area contributed by atoms with E-state index in [1.807, 2.05) is 0 Å². The van der Waals surface area contributed by atoms with Crippen molar-refractivity contribution in [1.29, 1.82) is 0 Å². The van der Waals surface area contributed by atoms with Crippen LogP contribution in [0.15, 0.2) is 18.2 Å². The highest BCUT2D eigenvalue weighted by Gasteiger charge is 2.27. The number of methoxy groups -OCH3 is 2. The molecule has 1 fully saturated rings. The summed E-state index contributed by atoms with van der Waals surface area (Å²) < 4.78 is 10.4. The number of carbonyl (C=O) groups is 1. The molecule has 1 amide bonds. The van der Waals surface area contributed by atoms with Crippen LogP contribution in [0.3, 0.4) is 0 Å². The first-order chi connectivity index (χ1) is 12.0. The first kappa shape index (κ1) is 19.3. The highest BCUT2D eigenvalue weighted by molar-refractivity contribution is 7.80. The average Bonchev–Trinajstić information content (AvgIpc) is 2.63. The molecule has 138 valence electrons. The molecule has 3 N–H and O–H groups in total. The summed E-state index contributed by atoms with van der Waals surface area (Å²) in [5.74, 6) is 1.92. The molecule has 0 aromatic heterocycles. The normalized spacial score (nSPS) is 22.6. The third-order valence-electron chi connectivity index (χ3n) is 4.96. The Morgan fingerprint density at radius 1 is 1.16 bits per heavy atom. The van der Waals surface area contributed by atoms with Gasteiger partial charge in [0.1, 0.15) is 11.5 Å². The Hall–Kier alpha value is -2.02. The fraction of sp³-hybridized carbons (Fsp3) is 0.556. The molecule has 0 bridgehead atoms. The summed E-state index contributed by atoms with van der Waals surface area (Å²) in [4.78, 5) is 12.4. The number of benzene rings is 1. The second kappa shape index (κ2) is 8.89. The fourth-order valence-electron chi connectivity index (χ4n) is 3.16. The van der Waals surface area contributed by atoms with Crippen LogP contribution in [-0.2, 0) is 0 Å². The Morgan fingerprint density at radius 2 is 1.92 bits per heavy atom. The lowest BCUT2D eigenvalue weighted by Crippen LogP contribution is -2.52. The van der Waals surface area contributed by atoms with Gasteiger partial charge in [-0.1, -0.05) is 26.7 Å². The molecular formula is C18H27N3O3S. The van der Waals surface area contributed by atoms with Crippen LogP contribution < -0.4 is 25.6 Å². The van der Waals surface area contributed by atoms with Crippen LogP contribution in [0, 0.1) is 11.8 Å². The lowest BCUT2D eigenvalue weighted by atomic mass is 9.78. The van der Waals surface area contributed by atoms with E-state index in [1.54, 1.807) is 25.3 Å². The molecule has 25 heavy (non-hydrogen) atoms. The zero-order valence-electron chi connectivity index (χ0n) is 15.2. The van der Waals surface area contributed by atoms with Gasteiger partial charge >= 0.3 is 0 Å². The van der Waals surface area contributed by atoms with Crippen LogP contribution in [0.4, 0.5) is 0 Å². The van der Waals surface area contributed by atoms with Crippen LogP contribution in [-0.4, -0.2) is 31.3 Å². The monoisotopic (exact) mass is 365 g/mol. The predicted octanol–water partition coefficient (Wildman–Crippen LogP) is 2.64. The molecule has 1 aliphatic carbocycles. The van der Waals surface area contributed by atoms with Crippen molar-refractivity contribution < 1.29 is 14.3 Å². The van der Waals surface area contributed by atoms with Crippen molar-refractivity contribution in [2.45, 2.75) is 39.2 Å². The van der Waals surface area contributed by atoms with Crippen LogP contribution in [0.1, 0.15) is 43.5 Å². The number of hydrogen-bond acceptors (Lipinski definition) is 4. The maximum Gasteiger partial charge on any atom is 0.273 e. The Bertz CT molecular complexity index is 624. The molecule has 0 spiro atoms. The summed E-state index contributed by atoms with van der Waals surface area (Å²) in [6.07, 6.45) is 3.54. The van der Waals surface area contributed by atoms with Gasteiger partial charge in [0.2, 0.25) is 0 Å². The Balaban J connectivity index is 1.92. The zero-order valence-corrected chi connectivity index (χ0v) is 16.0. The molecule has 0 radical (unpaired) electrons. The summed E-state index contributed by atoms with van der Waals surface area (Å²) in [7, 11) is 3.07. The van der Waals surface area contributed by atoms with E-state index in [0.29, 0.717) is 40.1 Å². The third-order valence-corrected chi connectivity index (χ3v) is 5.18. The van der Waals surface area contributed by atoms with E-state index >= 15 is 0 Å². The van der Waals surface area contributed by atoms with E-state index in [9.17, 15) is 4.79 Å². The molecule has 0 aliphatic heterocycles. The van der Waals surface area contributed by atoms with Gasteiger partial charge in [0.05, 0.1) is 19.8 Å². The smallest absolute Gasteiger partial charge is 0.273 e. The molecule has 1 saturated carbocycles. The van der Waals surface area contributed by atoms with Crippen molar-refractivity contribution in [3.05, 3.63) is 23.8 Å². The molecule has 0 heterocycles. The Morgan fingerprint density at radius 3 is 2.60 bits per heavy atom. The lowest BCUT2D eigenvalue weighted by molar-refractivity contribution is 0.0939. The van der Waals surface area contributed by atoms with Gasteiger partial charge in [-0.25, -0.2) is 0 Å². The largest absolute Gasteiger partial charge is 0.497 e. The summed E-state index contributed by atoms with van der Waals surface area (Å²) in [5.41, 5.74) is 5.76. The maximum atomic E-state index is 12.4. The summed E-state index contributed by atoms with van der Waals surface area (Å²) in [5, 5.41) is 3.72. The maximum absolute atomic E-state index is 12.4. The quantitative estimate of drug-likeness (QED) is 0.563. The van der Waals surface area contributed by atoms with Gasteiger partial charge in [-0.05, 0) is 48.7 Å². The topological polar surface area (TPSA) is 71.6 Å². The van der Waals surface area contributed by atoms with Crippen molar-refractivity contribution in [1.82, 2.24) is 16.2 Å². The van der Waals surface area contributed by atoms with Crippen LogP contribution >= 0.6 is 12.2 Å². The van der Waals surface area contributed by atoms with E-state index in [2.05, 4.69) is 30.0 Å². The number of hydrazine groups is 1. The SMILES string of the molecule is COc1ccc(OC)c(C(=O)NNC(=S)N[C@H]2CCC[C@@H](C)[C@H]2C)c1. The predicted molar refractivity (Wildman–Crippen MR) is 102 cm³/mol. The molecule has 0 unspecified atom stereocenters. The molecular weight excluding hydrogens is 338 g/mol. The number of thiocarbonyl (C=S) groups is 1. The van der Waals surface area contributed by atoms with Gasteiger partial charge < -0.3 is 14.8 Å². The number of hydrogen-bond donors (Lipinski definition) is 3. The second-order valence-corrected chi connectivity index (χ2v) is 6.90.